The number of nitrogens with zero attached hydrogens (tertiary/aromatic N) is 4. The van der Waals surface area contributed by atoms with Crippen molar-refractivity contribution in [2.45, 2.75) is 13.5 Å². The molecule has 130 valence electrons. The Morgan fingerprint density at radius 1 is 1.17 bits per heavy atom. The number of hydrogen-bond acceptors (Lipinski definition) is 3. The van der Waals surface area contributed by atoms with Crippen LogP contribution < -0.4 is 4.90 Å². The van der Waals surface area contributed by atoms with E-state index in [1.165, 1.54) is 6.07 Å². The van der Waals surface area contributed by atoms with Crippen molar-refractivity contribution < 1.29 is 13.6 Å². The van der Waals surface area contributed by atoms with Crippen LogP contribution in [-0.4, -0.2) is 46.5 Å². The van der Waals surface area contributed by atoms with Gasteiger partial charge in [-0.2, -0.15) is 0 Å². The molecule has 8 heteroatoms. The molecule has 5 nitrogen and oxygen atoms in total. The molecular weight excluding hydrogens is 338 g/mol. The predicted octanol–water partition coefficient (Wildman–Crippen LogP) is 2.57. The van der Waals surface area contributed by atoms with Crippen molar-refractivity contribution in [3.63, 3.8) is 0 Å². The SMILES string of the molecule is CCn1ccnc1N1CCN(C(=O)c2ccc(F)c(F)c2)CC1.Cl. The molecule has 1 amide bonds. The van der Waals surface area contributed by atoms with Crippen LogP contribution in [0.3, 0.4) is 0 Å². The Morgan fingerprint density at radius 3 is 2.50 bits per heavy atom. The number of aromatic nitrogens is 2. The van der Waals surface area contributed by atoms with Gasteiger partial charge in [0.1, 0.15) is 0 Å². The van der Waals surface area contributed by atoms with E-state index in [-0.39, 0.29) is 23.9 Å². The predicted molar refractivity (Wildman–Crippen MR) is 89.6 cm³/mol. The Labute approximate surface area is 145 Å². The fourth-order valence-corrected chi connectivity index (χ4v) is 2.75. The Balaban J connectivity index is 0.00000208. The van der Waals surface area contributed by atoms with Crippen molar-refractivity contribution in [2.24, 2.45) is 0 Å². The minimum Gasteiger partial charge on any atom is -0.339 e. The third-order valence-electron chi connectivity index (χ3n) is 4.05. The molecule has 0 unspecified atom stereocenters. The van der Waals surface area contributed by atoms with Gasteiger partial charge in [0.05, 0.1) is 0 Å². The van der Waals surface area contributed by atoms with Crippen LogP contribution in [-0.2, 0) is 6.54 Å². The van der Waals surface area contributed by atoms with Gasteiger partial charge in [0.15, 0.2) is 11.6 Å². The van der Waals surface area contributed by atoms with E-state index in [9.17, 15) is 13.6 Å². The molecular formula is C16H19ClF2N4O. The number of benzene rings is 1. The molecule has 0 N–H and O–H groups in total. The molecule has 0 bridgehead atoms. The molecule has 0 radical (unpaired) electrons. The third kappa shape index (κ3) is 3.51. The fourth-order valence-electron chi connectivity index (χ4n) is 2.75. The number of carbonyl (C=O) groups excluding carboxylic acids is 1. The smallest absolute Gasteiger partial charge is 0.254 e. The summed E-state index contributed by atoms with van der Waals surface area (Å²) in [6, 6.07) is 3.25. The number of amides is 1. The average Bonchev–Trinajstić information content (AvgIpc) is 3.05. The lowest BCUT2D eigenvalue weighted by molar-refractivity contribution is 0.0745. The highest BCUT2D eigenvalue weighted by molar-refractivity contribution is 5.94. The first-order valence-corrected chi connectivity index (χ1v) is 7.60. The molecule has 2 heterocycles. The van der Waals surface area contributed by atoms with Gasteiger partial charge in [-0.15, -0.1) is 12.4 Å². The molecule has 1 aliphatic heterocycles. The van der Waals surface area contributed by atoms with E-state index in [0.29, 0.717) is 26.2 Å². The summed E-state index contributed by atoms with van der Waals surface area (Å²) in [6.45, 7) is 5.25. The molecule has 24 heavy (non-hydrogen) atoms. The Kier molecular flexibility index (Phi) is 5.77. The number of rotatable bonds is 3. The van der Waals surface area contributed by atoms with E-state index < -0.39 is 11.6 Å². The summed E-state index contributed by atoms with van der Waals surface area (Å²) in [5, 5.41) is 0. The molecule has 0 aliphatic carbocycles. The van der Waals surface area contributed by atoms with Crippen LogP contribution in [0.2, 0.25) is 0 Å². The monoisotopic (exact) mass is 356 g/mol. The largest absolute Gasteiger partial charge is 0.339 e. The van der Waals surface area contributed by atoms with Crippen LogP contribution >= 0.6 is 12.4 Å². The van der Waals surface area contributed by atoms with Crippen LogP contribution in [0.1, 0.15) is 17.3 Å². The standard InChI is InChI=1S/C16H18F2N4O.ClH/c1-2-20-6-5-19-16(20)22-9-7-21(8-10-22)15(23)12-3-4-13(17)14(18)11-12;/h3-6,11H,2,7-10H2,1H3;1H. The first-order chi connectivity index (χ1) is 11.1. The second-order valence-corrected chi connectivity index (χ2v) is 5.42. The molecule has 1 saturated heterocycles. The van der Waals surface area contributed by atoms with Gasteiger partial charge in [-0.25, -0.2) is 13.8 Å². The highest BCUT2D eigenvalue weighted by atomic mass is 35.5. The lowest BCUT2D eigenvalue weighted by atomic mass is 10.1. The summed E-state index contributed by atoms with van der Waals surface area (Å²) in [7, 11) is 0. The van der Waals surface area contributed by atoms with Gasteiger partial charge >= 0.3 is 0 Å². The van der Waals surface area contributed by atoms with Crippen molar-refractivity contribution in [3.8, 4) is 0 Å². The minimum atomic E-state index is -1.00. The highest BCUT2D eigenvalue weighted by Crippen LogP contribution is 2.17. The van der Waals surface area contributed by atoms with E-state index in [0.717, 1.165) is 24.6 Å². The minimum absolute atomic E-state index is 0. The van der Waals surface area contributed by atoms with Gasteiger partial charge in [-0.3, -0.25) is 4.79 Å². The maximum atomic E-state index is 13.3. The molecule has 1 fully saturated rings. The van der Waals surface area contributed by atoms with E-state index >= 15 is 0 Å². The van der Waals surface area contributed by atoms with E-state index in [1.807, 2.05) is 17.7 Å². The second-order valence-electron chi connectivity index (χ2n) is 5.42. The number of anilines is 1. The maximum Gasteiger partial charge on any atom is 0.254 e. The van der Waals surface area contributed by atoms with Crippen LogP contribution in [0.15, 0.2) is 30.6 Å². The summed E-state index contributed by atoms with van der Waals surface area (Å²) in [4.78, 5) is 20.5. The van der Waals surface area contributed by atoms with Crippen molar-refractivity contribution >= 4 is 24.3 Å². The van der Waals surface area contributed by atoms with E-state index in [1.54, 1.807) is 11.1 Å². The quantitative estimate of drug-likeness (QED) is 0.848. The van der Waals surface area contributed by atoms with Crippen molar-refractivity contribution in [1.82, 2.24) is 14.5 Å². The van der Waals surface area contributed by atoms with Crippen molar-refractivity contribution in [2.75, 3.05) is 31.1 Å². The number of hydrogen-bond donors (Lipinski definition) is 0. The lowest BCUT2D eigenvalue weighted by Crippen LogP contribution is -2.49. The summed E-state index contributed by atoms with van der Waals surface area (Å²) in [6.07, 6.45) is 3.69. The number of aryl methyl sites for hydroxylation is 1. The maximum absolute atomic E-state index is 13.3. The third-order valence-corrected chi connectivity index (χ3v) is 4.05. The van der Waals surface area contributed by atoms with Gasteiger partial charge < -0.3 is 14.4 Å². The first kappa shape index (κ1) is 18.2. The van der Waals surface area contributed by atoms with Crippen LogP contribution in [0.5, 0.6) is 0 Å². The van der Waals surface area contributed by atoms with Crippen LogP contribution in [0.25, 0.3) is 0 Å². The summed E-state index contributed by atoms with van der Waals surface area (Å²) in [5.74, 6) is -1.33. The number of piperazine rings is 1. The summed E-state index contributed by atoms with van der Waals surface area (Å²) in [5.41, 5.74) is 0.174. The highest BCUT2D eigenvalue weighted by Gasteiger charge is 2.24. The zero-order valence-corrected chi connectivity index (χ0v) is 14.1. The number of carbonyl (C=O) groups is 1. The Bertz CT molecular complexity index is 714. The van der Waals surface area contributed by atoms with Gasteiger partial charge in [0.2, 0.25) is 5.95 Å². The molecule has 0 saturated carbocycles. The Morgan fingerprint density at radius 2 is 1.88 bits per heavy atom. The molecule has 1 aromatic heterocycles. The van der Waals surface area contributed by atoms with Crippen LogP contribution in [0.4, 0.5) is 14.7 Å². The molecule has 0 spiro atoms. The van der Waals surface area contributed by atoms with Gasteiger partial charge in [-0.05, 0) is 25.1 Å². The number of imidazole rings is 1. The first-order valence-electron chi connectivity index (χ1n) is 7.60. The summed E-state index contributed by atoms with van der Waals surface area (Å²) >= 11 is 0. The second kappa shape index (κ2) is 7.61. The van der Waals surface area contributed by atoms with Gasteiger partial charge in [0.25, 0.3) is 5.91 Å². The normalized spacial score (nSPS) is 14.5. The molecule has 1 aromatic carbocycles. The van der Waals surface area contributed by atoms with E-state index in [4.69, 9.17) is 0 Å². The van der Waals surface area contributed by atoms with Crippen molar-refractivity contribution in [1.29, 1.82) is 0 Å². The Hall–Kier alpha value is -2.15. The zero-order chi connectivity index (χ0) is 16.4. The van der Waals surface area contributed by atoms with Gasteiger partial charge in [-0.1, -0.05) is 0 Å². The molecule has 1 aliphatic rings. The van der Waals surface area contributed by atoms with Crippen LogP contribution in [0, 0.1) is 11.6 Å². The van der Waals surface area contributed by atoms with Crippen molar-refractivity contribution in [3.05, 3.63) is 47.8 Å². The topological polar surface area (TPSA) is 41.4 Å². The van der Waals surface area contributed by atoms with E-state index in [2.05, 4.69) is 9.88 Å². The summed E-state index contributed by atoms with van der Waals surface area (Å²) < 4.78 is 28.3. The fraction of sp³-hybridized carbons (Fsp3) is 0.375. The molecule has 0 atom stereocenters. The van der Waals surface area contributed by atoms with Gasteiger partial charge in [0, 0.05) is 50.7 Å². The molecule has 3 rings (SSSR count). The molecule has 2 aromatic rings. The lowest BCUT2D eigenvalue weighted by Gasteiger charge is -2.35. The zero-order valence-electron chi connectivity index (χ0n) is 13.3. The number of halogens is 3. The average molecular weight is 357 g/mol.